The quantitative estimate of drug-likeness (QED) is 0.906. The molecule has 1 aliphatic rings. The number of benzene rings is 1. The first-order chi connectivity index (χ1) is 12.1. The first-order valence-electron chi connectivity index (χ1n) is 8.79. The van der Waals surface area contributed by atoms with Crippen molar-refractivity contribution in [2.45, 2.75) is 25.4 Å². The molecular formula is C20H27N3O2. The molecule has 1 aromatic carbocycles. The number of phenols is 1. The van der Waals surface area contributed by atoms with Gasteiger partial charge in [-0.2, -0.15) is 0 Å². The third-order valence-corrected chi connectivity index (χ3v) is 5.04. The Bertz CT molecular complexity index is 712. The molecule has 1 aliphatic heterocycles. The van der Waals surface area contributed by atoms with Gasteiger partial charge in [-0.3, -0.25) is 4.90 Å². The van der Waals surface area contributed by atoms with Gasteiger partial charge in [0.15, 0.2) is 0 Å². The average Bonchev–Trinajstić information content (AvgIpc) is 2.64. The highest BCUT2D eigenvalue weighted by atomic mass is 16.5. The van der Waals surface area contributed by atoms with Crippen LogP contribution >= 0.6 is 0 Å². The van der Waals surface area contributed by atoms with E-state index in [4.69, 9.17) is 4.74 Å². The number of nitrogens with zero attached hydrogens (tertiary/aromatic N) is 3. The van der Waals surface area contributed by atoms with E-state index in [9.17, 15) is 5.11 Å². The molecule has 1 fully saturated rings. The van der Waals surface area contributed by atoms with Crippen molar-refractivity contribution in [3.8, 4) is 22.9 Å². The van der Waals surface area contributed by atoms with Crippen LogP contribution in [0.2, 0.25) is 0 Å². The number of phenolic OH excluding ortho intramolecular Hbond substituents is 1. The fourth-order valence-electron chi connectivity index (χ4n) is 3.39. The molecule has 0 radical (unpaired) electrons. The monoisotopic (exact) mass is 341 g/mol. The fourth-order valence-corrected chi connectivity index (χ4v) is 3.39. The van der Waals surface area contributed by atoms with Crippen molar-refractivity contribution < 1.29 is 9.84 Å². The Balaban J connectivity index is 1.77. The molecule has 0 unspecified atom stereocenters. The maximum atomic E-state index is 10.3. The minimum Gasteiger partial charge on any atom is -0.508 e. The molecule has 1 N–H and O–H groups in total. The van der Waals surface area contributed by atoms with Gasteiger partial charge in [0.2, 0.25) is 5.88 Å². The molecule has 0 saturated carbocycles. The van der Waals surface area contributed by atoms with Gasteiger partial charge in [0.05, 0.1) is 12.8 Å². The highest BCUT2D eigenvalue weighted by molar-refractivity contribution is 5.62. The van der Waals surface area contributed by atoms with E-state index >= 15 is 0 Å². The molecule has 0 bridgehead atoms. The molecule has 0 atom stereocenters. The standard InChI is InChI=1S/C20H27N3O2/c1-22-11-9-17(10-12-22)23(2)14-16-13-15(7-8-19(16)24)18-5-4-6-20(21-18)25-3/h4-8,13,17,24H,9-12,14H2,1-3H3. The van der Waals surface area contributed by atoms with Crippen molar-refractivity contribution in [1.29, 1.82) is 0 Å². The number of hydrogen-bond donors (Lipinski definition) is 1. The lowest BCUT2D eigenvalue weighted by Crippen LogP contribution is -2.41. The summed E-state index contributed by atoms with van der Waals surface area (Å²) >= 11 is 0. The number of aromatic nitrogens is 1. The molecule has 3 rings (SSSR count). The van der Waals surface area contributed by atoms with Crippen LogP contribution in [0.5, 0.6) is 11.6 Å². The van der Waals surface area contributed by atoms with E-state index in [2.05, 4.69) is 28.9 Å². The average molecular weight is 341 g/mol. The number of ether oxygens (including phenoxy) is 1. The van der Waals surface area contributed by atoms with E-state index in [0.29, 0.717) is 17.7 Å². The van der Waals surface area contributed by atoms with Gasteiger partial charge in [-0.05, 0) is 64.3 Å². The van der Waals surface area contributed by atoms with Crippen molar-refractivity contribution in [1.82, 2.24) is 14.8 Å². The van der Waals surface area contributed by atoms with Crippen LogP contribution in [0, 0.1) is 0 Å². The zero-order valence-electron chi connectivity index (χ0n) is 15.3. The second-order valence-electron chi connectivity index (χ2n) is 6.86. The zero-order valence-corrected chi connectivity index (χ0v) is 15.3. The smallest absolute Gasteiger partial charge is 0.213 e. The summed E-state index contributed by atoms with van der Waals surface area (Å²) in [7, 11) is 5.93. The van der Waals surface area contributed by atoms with E-state index in [-0.39, 0.29) is 0 Å². The largest absolute Gasteiger partial charge is 0.508 e. The van der Waals surface area contributed by atoms with Gasteiger partial charge in [-0.1, -0.05) is 6.07 Å². The van der Waals surface area contributed by atoms with Crippen LogP contribution in [0.3, 0.4) is 0 Å². The molecule has 1 aromatic heterocycles. The predicted molar refractivity (Wildman–Crippen MR) is 99.9 cm³/mol. The second kappa shape index (κ2) is 7.85. The molecule has 134 valence electrons. The van der Waals surface area contributed by atoms with Crippen LogP contribution in [0.15, 0.2) is 36.4 Å². The van der Waals surface area contributed by atoms with E-state index in [0.717, 1.165) is 36.5 Å². The van der Waals surface area contributed by atoms with E-state index < -0.39 is 0 Å². The summed E-state index contributed by atoms with van der Waals surface area (Å²) in [5.41, 5.74) is 2.77. The van der Waals surface area contributed by atoms with Crippen LogP contribution in [0.1, 0.15) is 18.4 Å². The second-order valence-corrected chi connectivity index (χ2v) is 6.86. The molecule has 0 amide bonds. The van der Waals surface area contributed by atoms with E-state index in [1.807, 2.05) is 30.3 Å². The molecule has 2 heterocycles. The third-order valence-electron chi connectivity index (χ3n) is 5.04. The minimum atomic E-state index is 0.339. The van der Waals surface area contributed by atoms with Crippen LogP contribution in [-0.4, -0.2) is 60.2 Å². The highest BCUT2D eigenvalue weighted by Gasteiger charge is 2.21. The Hall–Kier alpha value is -2.11. The summed E-state index contributed by atoms with van der Waals surface area (Å²) in [5, 5.41) is 10.3. The normalized spacial score (nSPS) is 16.3. The van der Waals surface area contributed by atoms with Crippen molar-refractivity contribution in [2.24, 2.45) is 0 Å². The molecule has 5 nitrogen and oxygen atoms in total. The van der Waals surface area contributed by atoms with E-state index in [1.54, 1.807) is 13.2 Å². The van der Waals surface area contributed by atoms with Gasteiger partial charge >= 0.3 is 0 Å². The predicted octanol–water partition coefficient (Wildman–Crippen LogP) is 2.99. The zero-order chi connectivity index (χ0) is 17.8. The van der Waals surface area contributed by atoms with Crippen molar-refractivity contribution in [3.05, 3.63) is 42.0 Å². The summed E-state index contributed by atoms with van der Waals surface area (Å²) in [5.74, 6) is 0.932. The first-order valence-corrected chi connectivity index (χ1v) is 8.79. The lowest BCUT2D eigenvalue weighted by molar-refractivity contribution is 0.138. The van der Waals surface area contributed by atoms with Crippen molar-refractivity contribution in [3.63, 3.8) is 0 Å². The third kappa shape index (κ3) is 4.30. The summed E-state index contributed by atoms with van der Waals surface area (Å²) < 4.78 is 5.21. The topological polar surface area (TPSA) is 48.8 Å². The van der Waals surface area contributed by atoms with Gasteiger partial charge in [0, 0.05) is 29.8 Å². The van der Waals surface area contributed by atoms with Gasteiger partial charge in [0.25, 0.3) is 0 Å². The molecular weight excluding hydrogens is 314 g/mol. The summed E-state index contributed by atoms with van der Waals surface area (Å²) in [4.78, 5) is 9.21. The number of aromatic hydroxyl groups is 1. The number of piperidine rings is 1. The van der Waals surface area contributed by atoms with Gasteiger partial charge in [-0.25, -0.2) is 4.98 Å². The first kappa shape index (κ1) is 17.7. The molecule has 0 aliphatic carbocycles. The van der Waals surface area contributed by atoms with Crippen LogP contribution < -0.4 is 4.74 Å². The van der Waals surface area contributed by atoms with E-state index in [1.165, 1.54) is 12.8 Å². The lowest BCUT2D eigenvalue weighted by atomic mass is 10.0. The summed E-state index contributed by atoms with van der Waals surface area (Å²) in [6, 6.07) is 12.0. The number of rotatable bonds is 5. The summed E-state index contributed by atoms with van der Waals surface area (Å²) in [6.45, 7) is 3.00. The number of pyridine rings is 1. The molecule has 0 spiro atoms. The molecule has 2 aromatic rings. The Kier molecular flexibility index (Phi) is 5.56. The number of likely N-dealkylation sites (tertiary alicyclic amines) is 1. The molecule has 1 saturated heterocycles. The lowest BCUT2D eigenvalue weighted by Gasteiger charge is -2.35. The highest BCUT2D eigenvalue weighted by Crippen LogP contribution is 2.28. The van der Waals surface area contributed by atoms with Crippen LogP contribution in [0.4, 0.5) is 0 Å². The van der Waals surface area contributed by atoms with Crippen LogP contribution in [0.25, 0.3) is 11.3 Å². The Morgan fingerprint density at radius 1 is 1.24 bits per heavy atom. The number of hydrogen-bond acceptors (Lipinski definition) is 5. The SMILES string of the molecule is COc1cccc(-c2ccc(O)c(CN(C)C3CCN(C)CC3)c2)n1. The van der Waals surface area contributed by atoms with Crippen LogP contribution in [-0.2, 0) is 6.54 Å². The van der Waals surface area contributed by atoms with Gasteiger partial charge in [-0.15, -0.1) is 0 Å². The minimum absolute atomic E-state index is 0.339. The number of methoxy groups -OCH3 is 1. The molecule has 25 heavy (non-hydrogen) atoms. The van der Waals surface area contributed by atoms with Gasteiger partial charge < -0.3 is 14.7 Å². The van der Waals surface area contributed by atoms with Crippen molar-refractivity contribution >= 4 is 0 Å². The Morgan fingerprint density at radius 3 is 2.72 bits per heavy atom. The molecule has 5 heteroatoms. The fraction of sp³-hybridized carbons (Fsp3) is 0.450. The Labute approximate surface area is 149 Å². The van der Waals surface area contributed by atoms with Crippen molar-refractivity contribution in [2.75, 3.05) is 34.3 Å². The summed E-state index contributed by atoms with van der Waals surface area (Å²) in [6.07, 6.45) is 2.34. The maximum absolute atomic E-state index is 10.3. The van der Waals surface area contributed by atoms with Gasteiger partial charge in [0.1, 0.15) is 5.75 Å². The maximum Gasteiger partial charge on any atom is 0.213 e. The Morgan fingerprint density at radius 2 is 2.00 bits per heavy atom.